The SMILES string of the molecule is CNCCN(C)S(=O)(=O)c1cccc([N+](=O)[O-])c1C. The first-order valence-corrected chi connectivity index (χ1v) is 7.11. The second-order valence-electron chi connectivity index (χ2n) is 4.09. The Kier molecular flexibility index (Phi) is 4.98. The fourth-order valence-corrected chi connectivity index (χ4v) is 3.05. The predicted molar refractivity (Wildman–Crippen MR) is 71.6 cm³/mol. The lowest BCUT2D eigenvalue weighted by Crippen LogP contribution is -2.33. The summed E-state index contributed by atoms with van der Waals surface area (Å²) in [7, 11) is -0.538. The van der Waals surface area contributed by atoms with E-state index in [1.165, 1.54) is 36.5 Å². The Balaban J connectivity index is 3.22. The number of benzene rings is 1. The zero-order valence-electron chi connectivity index (χ0n) is 11.1. The largest absolute Gasteiger partial charge is 0.318 e. The summed E-state index contributed by atoms with van der Waals surface area (Å²) in [6.45, 7) is 2.24. The van der Waals surface area contributed by atoms with Crippen LogP contribution in [-0.2, 0) is 10.0 Å². The molecule has 0 atom stereocenters. The van der Waals surface area contributed by atoms with E-state index in [4.69, 9.17) is 0 Å². The maximum Gasteiger partial charge on any atom is 0.273 e. The first kappa shape index (κ1) is 15.5. The van der Waals surface area contributed by atoms with Crippen LogP contribution in [0.25, 0.3) is 0 Å². The highest BCUT2D eigenvalue weighted by molar-refractivity contribution is 7.89. The predicted octanol–water partition coefficient (Wildman–Crippen LogP) is 0.743. The van der Waals surface area contributed by atoms with Gasteiger partial charge >= 0.3 is 0 Å². The van der Waals surface area contributed by atoms with Crippen LogP contribution < -0.4 is 5.32 Å². The monoisotopic (exact) mass is 287 g/mol. The standard InChI is InChI=1S/C11H17N3O4S/c1-9-10(14(15)16)5-4-6-11(9)19(17,18)13(3)8-7-12-2/h4-6,12H,7-8H2,1-3H3. The Labute approximate surface area is 112 Å². The first-order valence-electron chi connectivity index (χ1n) is 5.67. The van der Waals surface area contributed by atoms with E-state index in [1.54, 1.807) is 7.05 Å². The molecule has 8 heteroatoms. The fraction of sp³-hybridized carbons (Fsp3) is 0.455. The summed E-state index contributed by atoms with van der Waals surface area (Å²) < 4.78 is 25.8. The van der Waals surface area contributed by atoms with Gasteiger partial charge in [-0.3, -0.25) is 10.1 Å². The molecule has 1 aromatic carbocycles. The number of hydrogen-bond donors (Lipinski definition) is 1. The van der Waals surface area contributed by atoms with E-state index in [0.717, 1.165) is 0 Å². The Morgan fingerprint density at radius 1 is 1.42 bits per heavy atom. The quantitative estimate of drug-likeness (QED) is 0.615. The van der Waals surface area contributed by atoms with Crippen molar-refractivity contribution in [3.8, 4) is 0 Å². The summed E-state index contributed by atoms with van der Waals surface area (Å²) in [5, 5.41) is 13.7. The summed E-state index contributed by atoms with van der Waals surface area (Å²) in [6.07, 6.45) is 0. The molecule has 0 aliphatic carbocycles. The number of rotatable bonds is 6. The van der Waals surface area contributed by atoms with Gasteiger partial charge in [0, 0.05) is 31.8 Å². The molecule has 0 spiro atoms. The molecule has 0 bridgehead atoms. The molecule has 7 nitrogen and oxygen atoms in total. The molecule has 0 aliphatic rings. The maximum atomic E-state index is 12.3. The van der Waals surface area contributed by atoms with Crippen molar-refractivity contribution in [1.82, 2.24) is 9.62 Å². The van der Waals surface area contributed by atoms with E-state index >= 15 is 0 Å². The van der Waals surface area contributed by atoms with E-state index in [9.17, 15) is 18.5 Å². The molecule has 106 valence electrons. The van der Waals surface area contributed by atoms with Crippen molar-refractivity contribution in [2.75, 3.05) is 27.2 Å². The van der Waals surface area contributed by atoms with Gasteiger partial charge in [0.2, 0.25) is 10.0 Å². The smallest absolute Gasteiger partial charge is 0.273 e. The molecule has 0 amide bonds. The highest BCUT2D eigenvalue weighted by Gasteiger charge is 2.26. The molecule has 0 radical (unpaired) electrons. The Morgan fingerprint density at radius 2 is 2.05 bits per heavy atom. The third-order valence-corrected chi connectivity index (χ3v) is 4.82. The molecule has 0 fully saturated rings. The molecule has 1 rings (SSSR count). The molecular weight excluding hydrogens is 270 g/mol. The average Bonchev–Trinajstić information content (AvgIpc) is 2.35. The third kappa shape index (κ3) is 3.28. The number of nitro groups is 1. The second kappa shape index (κ2) is 6.09. The summed E-state index contributed by atoms with van der Waals surface area (Å²) in [4.78, 5) is 10.2. The first-order chi connectivity index (χ1) is 8.82. The van der Waals surface area contributed by atoms with Gasteiger partial charge in [-0.25, -0.2) is 8.42 Å². The molecule has 0 saturated heterocycles. The van der Waals surface area contributed by atoms with Crippen molar-refractivity contribution in [2.45, 2.75) is 11.8 Å². The Morgan fingerprint density at radius 3 is 2.58 bits per heavy atom. The number of sulfonamides is 1. The van der Waals surface area contributed by atoms with Crippen LogP contribution in [0.1, 0.15) is 5.56 Å². The van der Waals surface area contributed by atoms with Crippen LogP contribution in [0.3, 0.4) is 0 Å². The summed E-state index contributed by atoms with van der Waals surface area (Å²) in [5.41, 5.74) is -0.0353. The molecule has 0 saturated carbocycles. The zero-order chi connectivity index (χ0) is 14.6. The molecule has 0 heterocycles. The molecule has 0 unspecified atom stereocenters. The number of hydrogen-bond acceptors (Lipinski definition) is 5. The van der Waals surface area contributed by atoms with Gasteiger partial charge < -0.3 is 5.32 Å². The lowest BCUT2D eigenvalue weighted by Gasteiger charge is -2.18. The molecular formula is C11H17N3O4S. The van der Waals surface area contributed by atoms with Crippen LogP contribution >= 0.6 is 0 Å². The van der Waals surface area contributed by atoms with Crippen LogP contribution in [0.5, 0.6) is 0 Å². The van der Waals surface area contributed by atoms with Crippen molar-refractivity contribution in [3.63, 3.8) is 0 Å². The minimum Gasteiger partial charge on any atom is -0.318 e. The van der Waals surface area contributed by atoms with Gasteiger partial charge in [-0.15, -0.1) is 0 Å². The number of nitro benzene ring substituents is 1. The van der Waals surface area contributed by atoms with Crippen LogP contribution in [0.2, 0.25) is 0 Å². The molecule has 0 aromatic heterocycles. The maximum absolute atomic E-state index is 12.3. The third-order valence-electron chi connectivity index (χ3n) is 2.82. The highest BCUT2D eigenvalue weighted by atomic mass is 32.2. The van der Waals surface area contributed by atoms with Gasteiger partial charge in [0.05, 0.1) is 9.82 Å². The number of nitrogens with zero attached hydrogens (tertiary/aromatic N) is 2. The van der Waals surface area contributed by atoms with Gasteiger partial charge in [-0.2, -0.15) is 4.31 Å². The number of nitrogens with one attached hydrogen (secondary N) is 1. The minimum absolute atomic E-state index is 0.0275. The fourth-order valence-electron chi connectivity index (χ4n) is 1.64. The highest BCUT2D eigenvalue weighted by Crippen LogP contribution is 2.26. The van der Waals surface area contributed by atoms with Crippen molar-refractivity contribution in [3.05, 3.63) is 33.9 Å². The van der Waals surface area contributed by atoms with Crippen LogP contribution in [0, 0.1) is 17.0 Å². The zero-order valence-corrected chi connectivity index (χ0v) is 11.9. The second-order valence-corrected chi connectivity index (χ2v) is 6.10. The summed E-state index contributed by atoms with van der Waals surface area (Å²) in [5.74, 6) is 0. The topological polar surface area (TPSA) is 92.6 Å². The lowest BCUT2D eigenvalue weighted by atomic mass is 10.2. The van der Waals surface area contributed by atoms with Gasteiger partial charge in [0.25, 0.3) is 5.69 Å². The normalized spacial score (nSPS) is 11.8. The van der Waals surface area contributed by atoms with E-state index < -0.39 is 14.9 Å². The van der Waals surface area contributed by atoms with Crippen LogP contribution in [-0.4, -0.2) is 44.8 Å². The van der Waals surface area contributed by atoms with Crippen molar-refractivity contribution < 1.29 is 13.3 Å². The van der Waals surface area contributed by atoms with Crippen LogP contribution in [0.15, 0.2) is 23.1 Å². The minimum atomic E-state index is -3.71. The summed E-state index contributed by atoms with van der Waals surface area (Å²) >= 11 is 0. The van der Waals surface area contributed by atoms with E-state index in [1.807, 2.05) is 0 Å². The Bertz CT molecular complexity index is 571. The lowest BCUT2D eigenvalue weighted by molar-refractivity contribution is -0.385. The molecule has 19 heavy (non-hydrogen) atoms. The van der Waals surface area contributed by atoms with Crippen molar-refractivity contribution in [2.24, 2.45) is 0 Å². The van der Waals surface area contributed by atoms with Gasteiger partial charge in [-0.05, 0) is 20.0 Å². The van der Waals surface area contributed by atoms with Gasteiger partial charge in [0.1, 0.15) is 0 Å². The summed E-state index contributed by atoms with van der Waals surface area (Å²) in [6, 6.07) is 4.05. The van der Waals surface area contributed by atoms with Gasteiger partial charge in [0.15, 0.2) is 0 Å². The van der Waals surface area contributed by atoms with Crippen molar-refractivity contribution in [1.29, 1.82) is 0 Å². The van der Waals surface area contributed by atoms with E-state index in [2.05, 4.69) is 5.32 Å². The molecule has 1 aromatic rings. The molecule has 0 aliphatic heterocycles. The Hall–Kier alpha value is -1.51. The van der Waals surface area contributed by atoms with E-state index in [-0.39, 0.29) is 16.1 Å². The van der Waals surface area contributed by atoms with Crippen LogP contribution in [0.4, 0.5) is 5.69 Å². The van der Waals surface area contributed by atoms with Gasteiger partial charge in [-0.1, -0.05) is 6.07 Å². The van der Waals surface area contributed by atoms with Crippen molar-refractivity contribution >= 4 is 15.7 Å². The average molecular weight is 287 g/mol. The van der Waals surface area contributed by atoms with E-state index in [0.29, 0.717) is 13.1 Å². The molecule has 1 N–H and O–H groups in total. The number of likely N-dealkylation sites (N-methyl/N-ethyl adjacent to an activating group) is 2.